The first-order chi connectivity index (χ1) is 10.3. The molecule has 0 fully saturated rings. The second-order valence-corrected chi connectivity index (χ2v) is 6.87. The third-order valence-corrected chi connectivity index (χ3v) is 4.11. The minimum atomic E-state index is -0.550. The zero-order chi connectivity index (χ0) is 16.3. The average Bonchev–Trinajstić information content (AvgIpc) is 2.86. The van der Waals surface area contributed by atoms with Crippen LogP contribution in [-0.4, -0.2) is 28.6 Å². The molecule has 1 atom stereocenters. The summed E-state index contributed by atoms with van der Waals surface area (Å²) in [5, 5.41) is 13.9. The molecule has 0 saturated heterocycles. The number of fused-ring (bicyclic) bond motifs is 1. The van der Waals surface area contributed by atoms with Crippen molar-refractivity contribution in [3.8, 4) is 0 Å². The van der Waals surface area contributed by atoms with Crippen LogP contribution in [0.1, 0.15) is 38.8 Å². The Labute approximate surface area is 131 Å². The molecular weight excluding hydrogens is 276 g/mol. The molecule has 3 N–H and O–H groups in total. The van der Waals surface area contributed by atoms with Crippen molar-refractivity contribution in [3.63, 3.8) is 0 Å². The van der Waals surface area contributed by atoms with E-state index in [4.69, 9.17) is 0 Å². The minimum absolute atomic E-state index is 0.0638. The average molecular weight is 302 g/mol. The van der Waals surface area contributed by atoms with Gasteiger partial charge < -0.3 is 15.4 Å². The minimum Gasteiger partial charge on any atom is -0.391 e. The lowest BCUT2D eigenvalue weighted by molar-refractivity contribution is -0.121. The lowest BCUT2D eigenvalue weighted by Gasteiger charge is -2.25. The summed E-state index contributed by atoms with van der Waals surface area (Å²) in [5.74, 6) is -0.0638. The molecule has 0 spiro atoms. The highest BCUT2D eigenvalue weighted by atomic mass is 16.3. The summed E-state index contributed by atoms with van der Waals surface area (Å²) in [5.41, 5.74) is 3.13. The Bertz CT molecular complexity index is 653. The molecular formula is C18H26N2O2. The van der Waals surface area contributed by atoms with Crippen molar-refractivity contribution in [3.05, 3.63) is 35.5 Å². The fourth-order valence-electron chi connectivity index (χ4n) is 2.47. The van der Waals surface area contributed by atoms with Crippen LogP contribution < -0.4 is 5.32 Å². The lowest BCUT2D eigenvalue weighted by atomic mass is 9.89. The molecule has 1 unspecified atom stereocenters. The summed E-state index contributed by atoms with van der Waals surface area (Å²) < 4.78 is 0. The predicted octanol–water partition coefficient (Wildman–Crippen LogP) is 2.80. The fraction of sp³-hybridized carbons (Fsp3) is 0.500. The number of carbonyl (C=O) groups is 1. The molecule has 1 aromatic heterocycles. The van der Waals surface area contributed by atoms with Gasteiger partial charge in [0.05, 0.1) is 12.5 Å². The summed E-state index contributed by atoms with van der Waals surface area (Å²) in [6.07, 6.45) is 2.64. The molecule has 1 aromatic carbocycles. The largest absolute Gasteiger partial charge is 0.391 e. The second-order valence-electron chi connectivity index (χ2n) is 6.87. The second kappa shape index (κ2) is 6.53. The van der Waals surface area contributed by atoms with Crippen LogP contribution in [0, 0.1) is 5.41 Å². The molecule has 0 aliphatic carbocycles. The lowest BCUT2D eigenvalue weighted by Crippen LogP contribution is -2.39. The van der Waals surface area contributed by atoms with Gasteiger partial charge in [-0.15, -0.1) is 0 Å². The number of benzene rings is 1. The normalized spacial score (nSPS) is 13.3. The zero-order valence-corrected chi connectivity index (χ0v) is 13.9. The molecule has 120 valence electrons. The molecule has 2 aromatic rings. The van der Waals surface area contributed by atoms with Crippen LogP contribution in [-0.2, 0) is 17.6 Å². The van der Waals surface area contributed by atoms with Crippen molar-refractivity contribution in [2.24, 2.45) is 5.41 Å². The maximum atomic E-state index is 12.1. The molecule has 4 heteroatoms. The Hall–Kier alpha value is -1.81. The summed E-state index contributed by atoms with van der Waals surface area (Å²) in [7, 11) is 0. The molecule has 0 aliphatic heterocycles. The van der Waals surface area contributed by atoms with E-state index in [1.165, 1.54) is 5.56 Å². The van der Waals surface area contributed by atoms with Gasteiger partial charge in [0.1, 0.15) is 0 Å². The zero-order valence-electron chi connectivity index (χ0n) is 13.9. The number of amides is 1. The van der Waals surface area contributed by atoms with Crippen LogP contribution in [0.4, 0.5) is 0 Å². The number of hydrogen-bond donors (Lipinski definition) is 3. The number of hydrogen-bond acceptors (Lipinski definition) is 2. The number of aryl methyl sites for hydroxylation is 1. The van der Waals surface area contributed by atoms with E-state index in [1.54, 1.807) is 0 Å². The Balaban J connectivity index is 2.04. The maximum Gasteiger partial charge on any atom is 0.224 e. The van der Waals surface area contributed by atoms with E-state index in [-0.39, 0.29) is 17.9 Å². The van der Waals surface area contributed by atoms with E-state index in [0.29, 0.717) is 6.42 Å². The predicted molar refractivity (Wildman–Crippen MR) is 89.9 cm³/mol. The summed E-state index contributed by atoms with van der Waals surface area (Å²) >= 11 is 0. The molecule has 0 aliphatic rings. The third-order valence-electron chi connectivity index (χ3n) is 4.11. The van der Waals surface area contributed by atoms with Gasteiger partial charge in [-0.2, -0.15) is 0 Å². The van der Waals surface area contributed by atoms with Crippen LogP contribution >= 0.6 is 0 Å². The summed E-state index contributed by atoms with van der Waals surface area (Å²) in [6, 6.07) is 6.17. The van der Waals surface area contributed by atoms with Gasteiger partial charge in [-0.1, -0.05) is 45.9 Å². The van der Waals surface area contributed by atoms with E-state index < -0.39 is 6.10 Å². The van der Waals surface area contributed by atoms with Crippen molar-refractivity contribution >= 4 is 16.8 Å². The number of carbonyl (C=O) groups excluding carboxylic acids is 1. The van der Waals surface area contributed by atoms with Crippen LogP contribution in [0.3, 0.4) is 0 Å². The van der Waals surface area contributed by atoms with E-state index >= 15 is 0 Å². The number of para-hydroxylation sites is 1. The smallest absolute Gasteiger partial charge is 0.224 e. The van der Waals surface area contributed by atoms with Gasteiger partial charge >= 0.3 is 0 Å². The van der Waals surface area contributed by atoms with Crippen molar-refractivity contribution in [1.82, 2.24) is 10.3 Å². The van der Waals surface area contributed by atoms with E-state index in [2.05, 4.69) is 23.3 Å². The molecule has 4 nitrogen and oxygen atoms in total. The maximum absolute atomic E-state index is 12.1. The summed E-state index contributed by atoms with van der Waals surface area (Å²) in [4.78, 5) is 15.4. The monoisotopic (exact) mass is 302 g/mol. The SMILES string of the molecule is CCc1cccc2c(CC(=O)NCC(O)C(C)(C)C)c[nH]c12. The first kappa shape index (κ1) is 16.6. The third kappa shape index (κ3) is 3.69. The van der Waals surface area contributed by atoms with Gasteiger partial charge in [0, 0.05) is 23.6 Å². The number of aliphatic hydroxyl groups excluding tert-OH is 1. The molecule has 0 radical (unpaired) electrons. The van der Waals surface area contributed by atoms with Gasteiger partial charge in [0.25, 0.3) is 0 Å². The van der Waals surface area contributed by atoms with E-state index in [0.717, 1.165) is 22.9 Å². The first-order valence-electron chi connectivity index (χ1n) is 7.85. The van der Waals surface area contributed by atoms with Crippen molar-refractivity contribution < 1.29 is 9.90 Å². The highest BCUT2D eigenvalue weighted by Gasteiger charge is 2.22. The molecule has 22 heavy (non-hydrogen) atoms. The fourth-order valence-corrected chi connectivity index (χ4v) is 2.47. The molecule has 2 rings (SSSR count). The standard InChI is InChI=1S/C18H26N2O2/c1-5-12-7-6-8-14-13(10-20-17(12)14)9-16(22)19-11-15(21)18(2,3)4/h6-8,10,15,20-21H,5,9,11H2,1-4H3,(H,19,22). The Morgan fingerprint density at radius 2 is 2.05 bits per heavy atom. The molecule has 1 amide bonds. The molecule has 0 bridgehead atoms. The van der Waals surface area contributed by atoms with Crippen LogP contribution in [0.25, 0.3) is 10.9 Å². The quantitative estimate of drug-likeness (QED) is 0.795. The topological polar surface area (TPSA) is 65.1 Å². The van der Waals surface area contributed by atoms with Gasteiger partial charge in [-0.05, 0) is 23.0 Å². The molecule has 1 heterocycles. The summed E-state index contributed by atoms with van der Waals surface area (Å²) in [6.45, 7) is 8.27. The van der Waals surface area contributed by atoms with Gasteiger partial charge in [-0.25, -0.2) is 0 Å². The van der Waals surface area contributed by atoms with Gasteiger partial charge in [-0.3, -0.25) is 4.79 Å². The number of H-pyrrole nitrogens is 1. The number of nitrogens with one attached hydrogen (secondary N) is 2. The van der Waals surface area contributed by atoms with Crippen molar-refractivity contribution in [2.45, 2.75) is 46.6 Å². The first-order valence-corrected chi connectivity index (χ1v) is 7.85. The number of rotatable bonds is 5. The van der Waals surface area contributed by atoms with Crippen LogP contribution in [0.15, 0.2) is 24.4 Å². The highest BCUT2D eigenvalue weighted by Crippen LogP contribution is 2.22. The molecule has 0 saturated carbocycles. The Morgan fingerprint density at radius 3 is 2.68 bits per heavy atom. The highest BCUT2D eigenvalue weighted by molar-refractivity contribution is 5.90. The van der Waals surface area contributed by atoms with Crippen LogP contribution in [0.2, 0.25) is 0 Å². The van der Waals surface area contributed by atoms with Crippen molar-refractivity contribution in [2.75, 3.05) is 6.54 Å². The Kier molecular flexibility index (Phi) is 4.91. The van der Waals surface area contributed by atoms with Crippen molar-refractivity contribution in [1.29, 1.82) is 0 Å². The number of aliphatic hydroxyl groups is 1. The van der Waals surface area contributed by atoms with E-state index in [9.17, 15) is 9.90 Å². The number of aromatic nitrogens is 1. The van der Waals surface area contributed by atoms with Crippen LogP contribution in [0.5, 0.6) is 0 Å². The van der Waals surface area contributed by atoms with Gasteiger partial charge in [0.15, 0.2) is 0 Å². The number of aromatic amines is 1. The Morgan fingerprint density at radius 1 is 1.32 bits per heavy atom. The van der Waals surface area contributed by atoms with Gasteiger partial charge in [0.2, 0.25) is 5.91 Å². The van der Waals surface area contributed by atoms with E-state index in [1.807, 2.05) is 39.1 Å².